The molecular formula is C21H21F3N4O. The first kappa shape index (κ1) is 19.4. The van der Waals surface area contributed by atoms with Crippen molar-refractivity contribution >= 4 is 5.69 Å². The second-order valence-electron chi connectivity index (χ2n) is 7.19. The molecule has 0 atom stereocenters. The second-order valence-corrected chi connectivity index (χ2v) is 7.19. The van der Waals surface area contributed by atoms with E-state index in [0.29, 0.717) is 18.0 Å². The molecule has 5 nitrogen and oxygen atoms in total. The van der Waals surface area contributed by atoms with Crippen LogP contribution in [0, 0.1) is 6.92 Å². The summed E-state index contributed by atoms with van der Waals surface area (Å²) >= 11 is 0. The number of aryl methyl sites for hydroxylation is 1. The first-order valence-electron chi connectivity index (χ1n) is 9.43. The molecule has 0 saturated carbocycles. The minimum atomic E-state index is -4.40. The Morgan fingerprint density at radius 3 is 2.48 bits per heavy atom. The fourth-order valence-electron chi connectivity index (χ4n) is 3.45. The summed E-state index contributed by atoms with van der Waals surface area (Å²) in [5.74, 6) is 0.575. The highest BCUT2D eigenvalue weighted by atomic mass is 19.4. The van der Waals surface area contributed by atoms with Crippen LogP contribution in [0.3, 0.4) is 0 Å². The molecule has 0 radical (unpaired) electrons. The quantitative estimate of drug-likeness (QED) is 0.648. The van der Waals surface area contributed by atoms with Gasteiger partial charge in [-0.3, -0.25) is 4.90 Å². The molecule has 0 N–H and O–H groups in total. The predicted molar refractivity (Wildman–Crippen MR) is 103 cm³/mol. The number of benzene rings is 2. The largest absolute Gasteiger partial charge is 0.416 e. The van der Waals surface area contributed by atoms with Crippen LogP contribution in [0.2, 0.25) is 0 Å². The van der Waals surface area contributed by atoms with Crippen molar-refractivity contribution in [3.05, 3.63) is 65.5 Å². The van der Waals surface area contributed by atoms with Gasteiger partial charge in [0.1, 0.15) is 0 Å². The number of alkyl halides is 3. The molecule has 1 saturated heterocycles. The average Bonchev–Trinajstić information content (AvgIpc) is 3.17. The third kappa shape index (κ3) is 4.59. The van der Waals surface area contributed by atoms with Gasteiger partial charge >= 0.3 is 6.18 Å². The number of anilines is 1. The van der Waals surface area contributed by atoms with Crippen LogP contribution in [0.1, 0.15) is 17.0 Å². The van der Waals surface area contributed by atoms with Crippen LogP contribution in [0.15, 0.2) is 53.1 Å². The first-order chi connectivity index (χ1) is 13.9. The van der Waals surface area contributed by atoms with Crippen LogP contribution < -0.4 is 4.90 Å². The SMILES string of the molecule is Cc1cccc(N2CCN(Cc3nc(-c4cccc(C(F)(F)F)c4)no3)CC2)c1. The molecule has 0 bridgehead atoms. The lowest BCUT2D eigenvalue weighted by Gasteiger charge is -2.35. The molecule has 1 aliphatic rings. The van der Waals surface area contributed by atoms with Crippen LogP contribution in [-0.4, -0.2) is 41.2 Å². The minimum absolute atomic E-state index is 0.171. The monoisotopic (exact) mass is 402 g/mol. The number of halogens is 3. The Hall–Kier alpha value is -2.87. The molecule has 0 unspecified atom stereocenters. The van der Waals surface area contributed by atoms with Crippen molar-refractivity contribution in [2.24, 2.45) is 0 Å². The molecule has 1 aliphatic heterocycles. The van der Waals surface area contributed by atoms with Gasteiger partial charge in [0.25, 0.3) is 0 Å². The van der Waals surface area contributed by atoms with E-state index in [-0.39, 0.29) is 5.82 Å². The van der Waals surface area contributed by atoms with E-state index in [2.05, 4.69) is 51.1 Å². The zero-order valence-electron chi connectivity index (χ0n) is 16.0. The predicted octanol–water partition coefficient (Wildman–Crippen LogP) is 4.39. The van der Waals surface area contributed by atoms with Gasteiger partial charge < -0.3 is 9.42 Å². The molecule has 1 aromatic heterocycles. The maximum atomic E-state index is 12.9. The molecule has 152 valence electrons. The maximum Gasteiger partial charge on any atom is 0.416 e. The highest BCUT2D eigenvalue weighted by molar-refractivity contribution is 5.55. The lowest BCUT2D eigenvalue weighted by molar-refractivity contribution is -0.137. The third-order valence-electron chi connectivity index (χ3n) is 5.01. The minimum Gasteiger partial charge on any atom is -0.369 e. The fourth-order valence-corrected chi connectivity index (χ4v) is 3.45. The molecule has 4 rings (SSSR count). The van der Waals surface area contributed by atoms with Gasteiger partial charge in [-0.1, -0.05) is 29.4 Å². The Morgan fingerprint density at radius 1 is 1.00 bits per heavy atom. The van der Waals surface area contributed by atoms with Crippen LogP contribution in [-0.2, 0) is 12.7 Å². The molecule has 2 heterocycles. The smallest absolute Gasteiger partial charge is 0.369 e. The van der Waals surface area contributed by atoms with E-state index in [1.165, 1.54) is 17.3 Å². The molecule has 29 heavy (non-hydrogen) atoms. The van der Waals surface area contributed by atoms with E-state index < -0.39 is 11.7 Å². The van der Waals surface area contributed by atoms with E-state index in [9.17, 15) is 13.2 Å². The van der Waals surface area contributed by atoms with Crippen LogP contribution in [0.25, 0.3) is 11.4 Å². The van der Waals surface area contributed by atoms with Crippen molar-refractivity contribution < 1.29 is 17.7 Å². The fraction of sp³-hybridized carbons (Fsp3) is 0.333. The molecule has 0 aliphatic carbocycles. The standard InChI is InChI=1S/C21H21F3N4O/c1-15-4-2-7-18(12-15)28-10-8-27(9-11-28)14-19-25-20(26-29-19)16-5-3-6-17(13-16)21(22,23)24/h2-7,12-13H,8-11,14H2,1H3. The summed E-state index contributed by atoms with van der Waals surface area (Å²) in [5.41, 5.74) is 2.01. The second kappa shape index (κ2) is 7.87. The maximum absolute atomic E-state index is 12.9. The molecule has 2 aromatic carbocycles. The van der Waals surface area contributed by atoms with E-state index in [0.717, 1.165) is 38.3 Å². The van der Waals surface area contributed by atoms with Gasteiger partial charge in [-0.2, -0.15) is 18.2 Å². The number of rotatable bonds is 4. The summed E-state index contributed by atoms with van der Waals surface area (Å²) < 4.78 is 44.0. The third-order valence-corrected chi connectivity index (χ3v) is 5.01. The van der Waals surface area contributed by atoms with Crippen LogP contribution in [0.5, 0.6) is 0 Å². The summed E-state index contributed by atoms with van der Waals surface area (Å²) in [6.45, 7) is 6.02. The van der Waals surface area contributed by atoms with Gasteiger partial charge in [0.15, 0.2) is 0 Å². The molecule has 3 aromatic rings. The van der Waals surface area contributed by atoms with Crippen molar-refractivity contribution in [2.45, 2.75) is 19.6 Å². The van der Waals surface area contributed by atoms with E-state index in [1.54, 1.807) is 6.07 Å². The highest BCUT2D eigenvalue weighted by Crippen LogP contribution is 2.31. The first-order valence-corrected chi connectivity index (χ1v) is 9.43. The van der Waals surface area contributed by atoms with Crippen molar-refractivity contribution in [1.29, 1.82) is 0 Å². The van der Waals surface area contributed by atoms with E-state index >= 15 is 0 Å². The van der Waals surface area contributed by atoms with Gasteiger partial charge in [-0.25, -0.2) is 0 Å². The molecule has 1 fully saturated rings. The van der Waals surface area contributed by atoms with Crippen molar-refractivity contribution in [2.75, 3.05) is 31.1 Å². The zero-order chi connectivity index (χ0) is 20.4. The summed E-state index contributed by atoms with van der Waals surface area (Å²) in [6, 6.07) is 13.4. The Labute approximate surface area is 166 Å². The Kier molecular flexibility index (Phi) is 5.27. The summed E-state index contributed by atoms with van der Waals surface area (Å²) in [4.78, 5) is 8.83. The number of hydrogen-bond donors (Lipinski definition) is 0. The van der Waals surface area contributed by atoms with Gasteiger partial charge in [-0.15, -0.1) is 0 Å². The lowest BCUT2D eigenvalue weighted by Crippen LogP contribution is -2.46. The van der Waals surface area contributed by atoms with E-state index in [1.807, 2.05) is 0 Å². The lowest BCUT2D eigenvalue weighted by atomic mass is 10.1. The molecular weight excluding hydrogens is 381 g/mol. The molecule has 8 heteroatoms. The molecule has 0 spiro atoms. The summed E-state index contributed by atoms with van der Waals surface area (Å²) in [7, 11) is 0. The average molecular weight is 402 g/mol. The normalized spacial score (nSPS) is 15.7. The topological polar surface area (TPSA) is 45.4 Å². The number of piperazine rings is 1. The number of nitrogens with zero attached hydrogens (tertiary/aromatic N) is 4. The van der Waals surface area contributed by atoms with Crippen molar-refractivity contribution in [1.82, 2.24) is 15.0 Å². The summed E-state index contributed by atoms with van der Waals surface area (Å²) in [5, 5.41) is 3.86. The number of hydrogen-bond acceptors (Lipinski definition) is 5. The van der Waals surface area contributed by atoms with Crippen LogP contribution >= 0.6 is 0 Å². The van der Waals surface area contributed by atoms with Crippen molar-refractivity contribution in [3.8, 4) is 11.4 Å². The Bertz CT molecular complexity index is 978. The Morgan fingerprint density at radius 2 is 1.76 bits per heavy atom. The Balaban J connectivity index is 1.38. The van der Waals surface area contributed by atoms with Gasteiger partial charge in [0.05, 0.1) is 12.1 Å². The van der Waals surface area contributed by atoms with Gasteiger partial charge in [0, 0.05) is 37.4 Å². The van der Waals surface area contributed by atoms with Gasteiger partial charge in [0.2, 0.25) is 11.7 Å². The number of aromatic nitrogens is 2. The molecule has 0 amide bonds. The van der Waals surface area contributed by atoms with Crippen LogP contribution in [0.4, 0.5) is 18.9 Å². The zero-order valence-corrected chi connectivity index (χ0v) is 16.0. The highest BCUT2D eigenvalue weighted by Gasteiger charge is 2.31. The van der Waals surface area contributed by atoms with E-state index in [4.69, 9.17) is 4.52 Å². The van der Waals surface area contributed by atoms with Gasteiger partial charge in [-0.05, 0) is 36.8 Å². The van der Waals surface area contributed by atoms with Crippen molar-refractivity contribution in [3.63, 3.8) is 0 Å². The summed E-state index contributed by atoms with van der Waals surface area (Å²) in [6.07, 6.45) is -4.40.